The Morgan fingerprint density at radius 1 is 1.11 bits per heavy atom. The van der Waals surface area contributed by atoms with Gasteiger partial charge in [-0.2, -0.15) is 0 Å². The third-order valence-electron chi connectivity index (χ3n) is 4.80. The first kappa shape index (κ1) is 18.3. The van der Waals surface area contributed by atoms with Gasteiger partial charge in [0.2, 0.25) is 5.78 Å². The third-order valence-corrected chi connectivity index (χ3v) is 7.00. The molecule has 1 aromatic carbocycles. The number of benzene rings is 1. The van der Waals surface area contributed by atoms with E-state index in [4.69, 9.17) is 0 Å². The predicted molar refractivity (Wildman–Crippen MR) is 114 cm³/mol. The second kappa shape index (κ2) is 7.48. The molecule has 0 aliphatic heterocycles. The fraction of sp³-hybridized carbons (Fsp3) is 0.350. The highest BCUT2D eigenvalue weighted by atomic mass is 32.2. The molecular weight excluding hydrogens is 376 g/mol. The molecule has 0 aliphatic carbocycles. The number of thiophene rings is 1. The first-order valence-electron chi connectivity index (χ1n) is 9.21. The zero-order valence-corrected chi connectivity index (χ0v) is 17.4. The van der Waals surface area contributed by atoms with E-state index in [1.54, 1.807) is 27.7 Å². The average molecular weight is 399 g/mol. The molecule has 0 radical (unpaired) electrons. The topological polar surface area (TPSA) is 52.2 Å². The highest BCUT2D eigenvalue weighted by Crippen LogP contribution is 2.31. The van der Waals surface area contributed by atoms with Crippen molar-refractivity contribution in [3.8, 4) is 5.69 Å². The molecular formula is C20H22N4OS2. The monoisotopic (exact) mass is 398 g/mol. The number of aryl methyl sites for hydroxylation is 2. The molecule has 3 heterocycles. The Balaban J connectivity index is 2.00. The van der Waals surface area contributed by atoms with E-state index in [2.05, 4.69) is 28.4 Å². The van der Waals surface area contributed by atoms with Gasteiger partial charge in [-0.05, 0) is 38.0 Å². The summed E-state index contributed by atoms with van der Waals surface area (Å²) in [4.78, 5) is 15.5. The van der Waals surface area contributed by atoms with E-state index in [0.717, 1.165) is 43.7 Å². The van der Waals surface area contributed by atoms with E-state index < -0.39 is 0 Å². The maximum absolute atomic E-state index is 13.4. The molecule has 0 saturated heterocycles. The van der Waals surface area contributed by atoms with Gasteiger partial charge in [-0.25, -0.2) is 8.97 Å². The van der Waals surface area contributed by atoms with E-state index in [1.807, 2.05) is 37.3 Å². The largest absolute Gasteiger partial charge is 0.268 e. The number of unbranched alkanes of at least 4 members (excludes halogenated alkanes) is 2. The van der Waals surface area contributed by atoms with Gasteiger partial charge in [0.15, 0.2) is 5.16 Å². The summed E-state index contributed by atoms with van der Waals surface area (Å²) in [6.45, 7) is 6.29. The van der Waals surface area contributed by atoms with Crippen LogP contribution in [0, 0.1) is 13.8 Å². The van der Waals surface area contributed by atoms with Crippen LogP contribution in [-0.4, -0.2) is 24.9 Å². The lowest BCUT2D eigenvalue weighted by Gasteiger charge is -2.09. The number of rotatable bonds is 6. The molecule has 0 aliphatic rings. The minimum atomic E-state index is -0.0273. The molecule has 4 rings (SSSR count). The number of aromatic nitrogens is 4. The molecule has 0 amide bonds. The Labute approximate surface area is 166 Å². The van der Waals surface area contributed by atoms with Crippen LogP contribution in [0.1, 0.15) is 36.6 Å². The van der Waals surface area contributed by atoms with Crippen LogP contribution in [0.25, 0.3) is 21.7 Å². The van der Waals surface area contributed by atoms with E-state index in [0.29, 0.717) is 5.78 Å². The van der Waals surface area contributed by atoms with Gasteiger partial charge in [0.1, 0.15) is 4.83 Å². The van der Waals surface area contributed by atoms with E-state index >= 15 is 0 Å². The van der Waals surface area contributed by atoms with Gasteiger partial charge in [-0.15, -0.1) is 21.5 Å². The number of para-hydroxylation sites is 1. The molecule has 7 heteroatoms. The van der Waals surface area contributed by atoms with Crippen molar-refractivity contribution in [1.82, 2.24) is 19.2 Å². The Bertz CT molecular complexity index is 1160. The van der Waals surface area contributed by atoms with Crippen LogP contribution in [-0.2, 0) is 0 Å². The minimum absolute atomic E-state index is 0.0273. The van der Waals surface area contributed by atoms with Crippen molar-refractivity contribution in [2.75, 3.05) is 5.75 Å². The number of hydrogen-bond donors (Lipinski definition) is 0. The molecule has 0 spiro atoms. The number of nitrogens with zero attached hydrogens (tertiary/aromatic N) is 4. The van der Waals surface area contributed by atoms with Crippen LogP contribution in [0.5, 0.6) is 0 Å². The fourth-order valence-corrected chi connectivity index (χ4v) is 5.36. The molecule has 0 fully saturated rings. The SMILES string of the molecule is CCCCCSc1nnc2n(-c3ccccc3)c(=O)c3c(C)c(C)sc3n12. The molecule has 3 aromatic heterocycles. The number of hydrogen-bond acceptors (Lipinski definition) is 5. The molecule has 0 bridgehead atoms. The highest BCUT2D eigenvalue weighted by molar-refractivity contribution is 7.99. The maximum Gasteiger partial charge on any atom is 0.268 e. The molecule has 5 nitrogen and oxygen atoms in total. The Hall–Kier alpha value is -2.12. The molecule has 0 saturated carbocycles. The van der Waals surface area contributed by atoms with Gasteiger partial charge in [0.05, 0.1) is 11.1 Å². The third kappa shape index (κ3) is 3.08. The van der Waals surface area contributed by atoms with Gasteiger partial charge in [0, 0.05) is 10.6 Å². The Kier molecular flexibility index (Phi) is 5.06. The normalized spacial score (nSPS) is 11.7. The number of fused-ring (bicyclic) bond motifs is 3. The summed E-state index contributed by atoms with van der Waals surface area (Å²) in [5, 5.41) is 10.5. The summed E-state index contributed by atoms with van der Waals surface area (Å²) in [5.74, 6) is 1.59. The Morgan fingerprint density at radius 3 is 2.63 bits per heavy atom. The second-order valence-corrected chi connectivity index (χ2v) is 8.88. The fourth-order valence-electron chi connectivity index (χ4n) is 3.22. The molecule has 27 heavy (non-hydrogen) atoms. The second-order valence-electron chi connectivity index (χ2n) is 6.61. The van der Waals surface area contributed by atoms with Gasteiger partial charge in [-0.3, -0.25) is 4.79 Å². The lowest BCUT2D eigenvalue weighted by molar-refractivity contribution is 0.776. The van der Waals surface area contributed by atoms with Crippen molar-refractivity contribution >= 4 is 39.1 Å². The summed E-state index contributed by atoms with van der Waals surface area (Å²) in [7, 11) is 0. The van der Waals surface area contributed by atoms with E-state index in [9.17, 15) is 4.79 Å². The minimum Gasteiger partial charge on any atom is -0.268 e. The van der Waals surface area contributed by atoms with Crippen molar-refractivity contribution in [2.24, 2.45) is 0 Å². The van der Waals surface area contributed by atoms with Crippen LogP contribution in [0.4, 0.5) is 0 Å². The Morgan fingerprint density at radius 2 is 1.89 bits per heavy atom. The highest BCUT2D eigenvalue weighted by Gasteiger charge is 2.21. The maximum atomic E-state index is 13.4. The van der Waals surface area contributed by atoms with Crippen molar-refractivity contribution in [3.63, 3.8) is 0 Å². The lowest BCUT2D eigenvalue weighted by Crippen LogP contribution is -2.21. The van der Waals surface area contributed by atoms with Gasteiger partial charge in [0.25, 0.3) is 5.56 Å². The first-order valence-corrected chi connectivity index (χ1v) is 11.0. The summed E-state index contributed by atoms with van der Waals surface area (Å²) in [6.07, 6.45) is 3.56. The number of thioether (sulfide) groups is 1. The van der Waals surface area contributed by atoms with Crippen LogP contribution >= 0.6 is 23.1 Å². The van der Waals surface area contributed by atoms with Crippen LogP contribution in [0.3, 0.4) is 0 Å². The quantitative estimate of drug-likeness (QED) is 0.339. The summed E-state index contributed by atoms with van der Waals surface area (Å²) >= 11 is 3.36. The van der Waals surface area contributed by atoms with Crippen molar-refractivity contribution in [3.05, 3.63) is 51.1 Å². The lowest BCUT2D eigenvalue weighted by atomic mass is 10.2. The van der Waals surface area contributed by atoms with E-state index in [1.165, 1.54) is 12.8 Å². The van der Waals surface area contributed by atoms with Crippen molar-refractivity contribution in [1.29, 1.82) is 0 Å². The summed E-state index contributed by atoms with van der Waals surface area (Å²) < 4.78 is 3.75. The predicted octanol–water partition coefficient (Wildman–Crippen LogP) is 4.99. The summed E-state index contributed by atoms with van der Waals surface area (Å²) in [6, 6.07) is 9.69. The molecule has 4 aromatic rings. The summed E-state index contributed by atoms with van der Waals surface area (Å²) in [5.41, 5.74) is 1.83. The van der Waals surface area contributed by atoms with Crippen LogP contribution in [0.2, 0.25) is 0 Å². The van der Waals surface area contributed by atoms with Crippen LogP contribution in [0.15, 0.2) is 40.3 Å². The average Bonchev–Trinajstić information content (AvgIpc) is 3.21. The molecule has 0 unspecified atom stereocenters. The first-order chi connectivity index (χ1) is 13.1. The molecule has 140 valence electrons. The zero-order chi connectivity index (χ0) is 19.0. The zero-order valence-electron chi connectivity index (χ0n) is 15.7. The van der Waals surface area contributed by atoms with Gasteiger partial charge in [-0.1, -0.05) is 49.7 Å². The van der Waals surface area contributed by atoms with Gasteiger partial charge < -0.3 is 0 Å². The molecule has 0 N–H and O–H groups in total. The van der Waals surface area contributed by atoms with Crippen LogP contribution < -0.4 is 5.56 Å². The van der Waals surface area contributed by atoms with E-state index in [-0.39, 0.29) is 5.56 Å². The smallest absolute Gasteiger partial charge is 0.268 e. The molecule has 0 atom stereocenters. The van der Waals surface area contributed by atoms with Gasteiger partial charge >= 0.3 is 0 Å². The van der Waals surface area contributed by atoms with Crippen molar-refractivity contribution < 1.29 is 0 Å². The standard InChI is InChI=1S/C20H22N4OS2/c1-4-5-9-12-26-20-22-21-19-23(15-10-7-6-8-11-15)17(25)16-13(2)14(3)27-18(16)24(19)20/h6-8,10-11H,4-5,9,12H2,1-3H3. The van der Waals surface area contributed by atoms with Crippen molar-refractivity contribution in [2.45, 2.75) is 45.2 Å².